The zero-order valence-corrected chi connectivity index (χ0v) is 11.5. The second-order valence-electron chi connectivity index (χ2n) is 4.34. The van der Waals surface area contributed by atoms with Gasteiger partial charge in [0.1, 0.15) is 11.4 Å². The van der Waals surface area contributed by atoms with Gasteiger partial charge in [0.15, 0.2) is 0 Å². The van der Waals surface area contributed by atoms with E-state index in [1.165, 1.54) is 0 Å². The van der Waals surface area contributed by atoms with Crippen molar-refractivity contribution in [2.45, 2.75) is 39.5 Å². The van der Waals surface area contributed by atoms with Crippen LogP contribution in [0, 0.1) is 0 Å². The van der Waals surface area contributed by atoms with E-state index in [0.717, 1.165) is 19.3 Å². The number of rotatable bonds is 6. The van der Waals surface area contributed by atoms with Crippen molar-refractivity contribution in [1.82, 2.24) is 4.90 Å². The van der Waals surface area contributed by atoms with Crippen LogP contribution in [0.25, 0.3) is 0 Å². The molecule has 18 heavy (non-hydrogen) atoms. The number of carboxylic acid groups (broad SMARTS) is 1. The fraction of sp³-hybridized carbons (Fsp3) is 0.538. The Kier molecular flexibility index (Phi) is 5.41. The van der Waals surface area contributed by atoms with Gasteiger partial charge in [-0.2, -0.15) is 0 Å². The van der Waals surface area contributed by atoms with Crippen molar-refractivity contribution in [3.05, 3.63) is 22.0 Å². The second kappa shape index (κ2) is 6.59. The van der Waals surface area contributed by atoms with Gasteiger partial charge in [-0.05, 0) is 13.3 Å². The van der Waals surface area contributed by atoms with E-state index in [1.54, 1.807) is 11.8 Å². The van der Waals surface area contributed by atoms with Gasteiger partial charge in [0.25, 0.3) is 0 Å². The first-order valence-electron chi connectivity index (χ1n) is 6.07. The summed E-state index contributed by atoms with van der Waals surface area (Å²) in [7, 11) is 0. The number of carbonyl (C=O) groups excluding carboxylic acids is 1. The van der Waals surface area contributed by atoms with Crippen LogP contribution in [0.1, 0.15) is 39.5 Å². The molecule has 0 bridgehead atoms. The highest BCUT2D eigenvalue weighted by molar-refractivity contribution is 6.31. The number of unbranched alkanes of at least 4 members (excludes halogenated alkanes) is 2. The van der Waals surface area contributed by atoms with Gasteiger partial charge in [0, 0.05) is 24.2 Å². The molecule has 0 saturated heterocycles. The maximum Gasteiger partial charge on any atom is 0.333 e. The van der Waals surface area contributed by atoms with E-state index in [-0.39, 0.29) is 12.0 Å². The molecule has 0 aromatic rings. The first kappa shape index (κ1) is 14.8. The van der Waals surface area contributed by atoms with Crippen LogP contribution in [0.15, 0.2) is 22.0 Å². The number of hydrogen-bond acceptors (Lipinski definition) is 3. The molecule has 1 N–H and O–H groups in total. The third-order valence-corrected chi connectivity index (χ3v) is 3.54. The SMILES string of the molecule is CCCCCN1C(C)=C(C(=O)O)CC(C=O)=C1Cl. The number of aliphatic carboxylic acids is 1. The van der Waals surface area contributed by atoms with Crippen molar-refractivity contribution >= 4 is 23.9 Å². The first-order chi connectivity index (χ1) is 8.52. The third kappa shape index (κ3) is 3.13. The average molecular weight is 272 g/mol. The highest BCUT2D eigenvalue weighted by Gasteiger charge is 2.26. The Morgan fingerprint density at radius 1 is 1.50 bits per heavy atom. The Morgan fingerprint density at radius 2 is 2.17 bits per heavy atom. The predicted molar refractivity (Wildman–Crippen MR) is 70.1 cm³/mol. The summed E-state index contributed by atoms with van der Waals surface area (Å²) in [4.78, 5) is 23.8. The van der Waals surface area contributed by atoms with Crippen LogP contribution in [-0.4, -0.2) is 28.8 Å². The molecule has 0 atom stereocenters. The van der Waals surface area contributed by atoms with Crippen LogP contribution in [0.3, 0.4) is 0 Å². The van der Waals surface area contributed by atoms with Gasteiger partial charge in [0.05, 0.1) is 5.57 Å². The molecular formula is C13H18ClNO3. The molecule has 0 aromatic carbocycles. The van der Waals surface area contributed by atoms with Crippen molar-refractivity contribution < 1.29 is 14.7 Å². The lowest BCUT2D eigenvalue weighted by molar-refractivity contribution is -0.132. The zero-order chi connectivity index (χ0) is 13.7. The molecule has 1 rings (SSSR count). The van der Waals surface area contributed by atoms with Gasteiger partial charge in [-0.3, -0.25) is 4.79 Å². The molecule has 1 aliphatic rings. The summed E-state index contributed by atoms with van der Waals surface area (Å²) < 4.78 is 0. The lowest BCUT2D eigenvalue weighted by Crippen LogP contribution is -2.28. The quantitative estimate of drug-likeness (QED) is 0.458. The van der Waals surface area contributed by atoms with E-state index in [4.69, 9.17) is 16.7 Å². The molecule has 0 saturated carbocycles. The monoisotopic (exact) mass is 271 g/mol. The number of carboxylic acids is 1. The summed E-state index contributed by atoms with van der Waals surface area (Å²) in [6, 6.07) is 0. The Bertz CT molecular complexity index is 412. The lowest BCUT2D eigenvalue weighted by atomic mass is 10.0. The molecule has 1 aliphatic heterocycles. The molecule has 5 heteroatoms. The van der Waals surface area contributed by atoms with Crippen LogP contribution in [0.5, 0.6) is 0 Å². The summed E-state index contributed by atoms with van der Waals surface area (Å²) in [6.45, 7) is 4.47. The number of aldehydes is 1. The molecule has 0 radical (unpaired) electrons. The van der Waals surface area contributed by atoms with Crippen LogP contribution in [-0.2, 0) is 9.59 Å². The van der Waals surface area contributed by atoms with Gasteiger partial charge < -0.3 is 10.0 Å². The molecule has 0 aromatic heterocycles. The molecule has 4 nitrogen and oxygen atoms in total. The molecule has 0 unspecified atom stereocenters. The van der Waals surface area contributed by atoms with Crippen molar-refractivity contribution in [2.75, 3.05) is 6.54 Å². The lowest BCUT2D eigenvalue weighted by Gasteiger charge is -2.31. The van der Waals surface area contributed by atoms with E-state index in [0.29, 0.717) is 29.3 Å². The second-order valence-corrected chi connectivity index (χ2v) is 4.70. The molecule has 0 amide bonds. The van der Waals surface area contributed by atoms with Gasteiger partial charge >= 0.3 is 5.97 Å². The maximum absolute atomic E-state index is 11.1. The molecule has 0 aliphatic carbocycles. The minimum Gasteiger partial charge on any atom is -0.478 e. The van der Waals surface area contributed by atoms with Gasteiger partial charge in [-0.15, -0.1) is 0 Å². The molecular weight excluding hydrogens is 254 g/mol. The van der Waals surface area contributed by atoms with Crippen LogP contribution >= 0.6 is 11.6 Å². The van der Waals surface area contributed by atoms with Crippen LogP contribution in [0.4, 0.5) is 0 Å². The minimum atomic E-state index is -0.989. The Morgan fingerprint density at radius 3 is 2.67 bits per heavy atom. The number of halogens is 1. The van der Waals surface area contributed by atoms with E-state index in [2.05, 4.69) is 6.92 Å². The first-order valence-corrected chi connectivity index (χ1v) is 6.45. The van der Waals surface area contributed by atoms with Crippen molar-refractivity contribution in [3.8, 4) is 0 Å². The normalized spacial score (nSPS) is 16.3. The zero-order valence-electron chi connectivity index (χ0n) is 10.7. The van der Waals surface area contributed by atoms with Crippen molar-refractivity contribution in [2.24, 2.45) is 0 Å². The summed E-state index contributed by atoms with van der Waals surface area (Å²) >= 11 is 6.14. The van der Waals surface area contributed by atoms with Crippen molar-refractivity contribution in [3.63, 3.8) is 0 Å². The average Bonchev–Trinajstić information content (AvgIpc) is 2.33. The number of allylic oxidation sites excluding steroid dienone is 2. The van der Waals surface area contributed by atoms with Gasteiger partial charge in [-0.1, -0.05) is 31.4 Å². The highest BCUT2D eigenvalue weighted by atomic mass is 35.5. The molecule has 100 valence electrons. The van der Waals surface area contributed by atoms with E-state index >= 15 is 0 Å². The number of carbonyl (C=O) groups is 2. The number of hydrogen-bond donors (Lipinski definition) is 1. The largest absolute Gasteiger partial charge is 0.478 e. The standard InChI is InChI=1S/C13H18ClNO3/c1-3-4-5-6-15-9(2)11(13(17)18)7-10(8-16)12(15)14/h8H,3-7H2,1-2H3,(H,17,18). The van der Waals surface area contributed by atoms with Gasteiger partial charge in [-0.25, -0.2) is 4.79 Å². The summed E-state index contributed by atoms with van der Waals surface area (Å²) in [5.74, 6) is -0.989. The van der Waals surface area contributed by atoms with Crippen LogP contribution in [0.2, 0.25) is 0 Å². The van der Waals surface area contributed by atoms with E-state index < -0.39 is 5.97 Å². The molecule has 0 fully saturated rings. The van der Waals surface area contributed by atoms with Crippen LogP contribution < -0.4 is 0 Å². The summed E-state index contributed by atoms with van der Waals surface area (Å²) in [5, 5.41) is 9.50. The number of nitrogens with zero attached hydrogens (tertiary/aromatic N) is 1. The fourth-order valence-electron chi connectivity index (χ4n) is 1.98. The molecule has 0 spiro atoms. The highest BCUT2D eigenvalue weighted by Crippen LogP contribution is 2.32. The summed E-state index contributed by atoms with van der Waals surface area (Å²) in [5.41, 5.74) is 1.23. The third-order valence-electron chi connectivity index (χ3n) is 3.10. The Hall–Kier alpha value is -1.29. The topological polar surface area (TPSA) is 57.6 Å². The Balaban J connectivity index is 2.98. The maximum atomic E-state index is 11.1. The minimum absolute atomic E-state index is 0.105. The fourth-order valence-corrected chi connectivity index (χ4v) is 2.30. The smallest absolute Gasteiger partial charge is 0.333 e. The predicted octanol–water partition coefficient (Wildman–Crippen LogP) is 2.89. The van der Waals surface area contributed by atoms with E-state index in [1.807, 2.05) is 0 Å². The van der Waals surface area contributed by atoms with E-state index in [9.17, 15) is 9.59 Å². The summed E-state index contributed by atoms with van der Waals surface area (Å²) in [6.07, 6.45) is 3.79. The molecule has 1 heterocycles. The van der Waals surface area contributed by atoms with Gasteiger partial charge in [0.2, 0.25) is 0 Å². The Labute approximate surface area is 112 Å². The van der Waals surface area contributed by atoms with Crippen molar-refractivity contribution in [1.29, 1.82) is 0 Å².